The van der Waals surface area contributed by atoms with Crippen LogP contribution in [0.3, 0.4) is 0 Å². The van der Waals surface area contributed by atoms with Crippen LogP contribution < -0.4 is 5.32 Å². The number of halogens is 1. The van der Waals surface area contributed by atoms with Crippen molar-refractivity contribution in [3.05, 3.63) is 60.7 Å². The van der Waals surface area contributed by atoms with Gasteiger partial charge in [-0.25, -0.2) is 0 Å². The third kappa shape index (κ3) is 6.94. The maximum absolute atomic E-state index is 7.88. The summed E-state index contributed by atoms with van der Waals surface area (Å²) in [6.45, 7) is 2.25. The highest BCUT2D eigenvalue weighted by Gasteiger charge is 1.89. The molecule has 0 aliphatic carbocycles. The van der Waals surface area contributed by atoms with E-state index < -0.39 is 0 Å². The molecule has 0 radical (unpaired) electrons. The smallest absolute Gasteiger partial charge is 0.0428 e. The first-order valence-electron chi connectivity index (χ1n) is 5.84. The van der Waals surface area contributed by atoms with E-state index in [1.54, 1.807) is 0 Å². The van der Waals surface area contributed by atoms with E-state index in [0.29, 0.717) is 6.61 Å². The summed E-state index contributed by atoms with van der Waals surface area (Å²) in [4.78, 5) is 0. The Kier molecular flexibility index (Phi) is 9.74. The number of para-hydroxylation sites is 2. The van der Waals surface area contributed by atoms with Gasteiger partial charge in [0.1, 0.15) is 0 Å². The molecule has 0 unspecified atom stereocenters. The zero-order valence-electron chi connectivity index (χ0n) is 10.5. The Labute approximate surface area is 115 Å². The number of hydrogen-bond donors (Lipinski definition) is 2. The van der Waals surface area contributed by atoms with Gasteiger partial charge in [0.05, 0.1) is 0 Å². The molecule has 0 heterocycles. The van der Waals surface area contributed by atoms with E-state index in [1.807, 2.05) is 67.6 Å². The minimum Gasteiger partial charge on any atom is -0.396 e. The lowest BCUT2D eigenvalue weighted by Gasteiger charge is -2.04. The van der Waals surface area contributed by atoms with Crippen LogP contribution >= 0.6 is 12.4 Å². The zero-order chi connectivity index (χ0) is 12.3. The molecule has 2 aromatic rings. The van der Waals surface area contributed by atoms with E-state index in [9.17, 15) is 0 Å². The van der Waals surface area contributed by atoms with Crippen LogP contribution in [0.15, 0.2) is 60.7 Å². The summed E-state index contributed by atoms with van der Waals surface area (Å²) in [5.74, 6) is 0. The number of benzene rings is 2. The molecule has 0 saturated carbocycles. The van der Waals surface area contributed by atoms with Gasteiger partial charge < -0.3 is 10.4 Å². The highest BCUT2D eigenvalue weighted by atomic mass is 35.5. The van der Waals surface area contributed by atoms with E-state index >= 15 is 0 Å². The van der Waals surface area contributed by atoms with Crippen LogP contribution in [-0.4, -0.2) is 11.7 Å². The third-order valence-corrected chi connectivity index (χ3v) is 2.06. The molecule has 0 atom stereocenters. The molecular formula is C15H20ClNO. The number of nitrogens with one attached hydrogen (secondary N) is 1. The van der Waals surface area contributed by atoms with Crippen LogP contribution in [-0.2, 0) is 0 Å². The number of hydrogen-bond acceptors (Lipinski definition) is 2. The molecule has 0 amide bonds. The predicted molar refractivity (Wildman–Crippen MR) is 80.8 cm³/mol. The van der Waals surface area contributed by atoms with E-state index in [1.165, 1.54) is 0 Å². The van der Waals surface area contributed by atoms with Crippen LogP contribution in [0.25, 0.3) is 0 Å². The van der Waals surface area contributed by atoms with Gasteiger partial charge in [-0.05, 0) is 30.7 Å². The summed E-state index contributed by atoms with van der Waals surface area (Å²) < 4.78 is 0. The van der Waals surface area contributed by atoms with Crippen LogP contribution in [0.2, 0.25) is 0 Å². The van der Waals surface area contributed by atoms with Gasteiger partial charge in [-0.3, -0.25) is 0 Å². The van der Waals surface area contributed by atoms with Crippen molar-refractivity contribution < 1.29 is 5.11 Å². The average molecular weight is 266 g/mol. The Bertz CT molecular complexity index is 352. The maximum Gasteiger partial charge on any atom is 0.0428 e. The van der Waals surface area contributed by atoms with Gasteiger partial charge in [-0.15, -0.1) is 12.4 Å². The molecule has 18 heavy (non-hydrogen) atoms. The van der Waals surface area contributed by atoms with Crippen molar-refractivity contribution in [1.82, 2.24) is 0 Å². The van der Waals surface area contributed by atoms with E-state index in [0.717, 1.165) is 17.8 Å². The van der Waals surface area contributed by atoms with Crippen molar-refractivity contribution >= 4 is 23.8 Å². The fraction of sp³-hybridized carbons (Fsp3) is 0.200. The Morgan fingerprint density at radius 3 is 1.44 bits per heavy atom. The predicted octanol–water partition coefficient (Wildman–Crippen LogP) is 4.24. The number of aliphatic hydroxyl groups is 1. The lowest BCUT2D eigenvalue weighted by Crippen LogP contribution is -1.87. The van der Waals surface area contributed by atoms with Crippen molar-refractivity contribution in [3.63, 3.8) is 0 Å². The molecule has 0 fully saturated rings. The van der Waals surface area contributed by atoms with Gasteiger partial charge in [-0.2, -0.15) is 0 Å². The second-order valence-corrected chi connectivity index (χ2v) is 3.58. The SMILES string of the molecule is CCCO.Cl.c1ccc(Nc2ccccc2)cc1. The van der Waals surface area contributed by atoms with Crippen molar-refractivity contribution in [2.24, 2.45) is 0 Å². The standard InChI is InChI=1S/C12H11N.C3H8O.ClH/c1-3-7-11(8-4-1)13-12-9-5-2-6-10-12;1-2-3-4;/h1-10,13H;4H,2-3H2,1H3;1H. The minimum atomic E-state index is 0. The Morgan fingerprint density at radius 2 is 1.17 bits per heavy atom. The number of aliphatic hydroxyl groups excluding tert-OH is 1. The molecule has 98 valence electrons. The van der Waals surface area contributed by atoms with Gasteiger partial charge >= 0.3 is 0 Å². The van der Waals surface area contributed by atoms with E-state index in [-0.39, 0.29) is 12.4 Å². The molecule has 3 heteroatoms. The quantitative estimate of drug-likeness (QED) is 0.870. The van der Waals surface area contributed by atoms with Gasteiger partial charge in [-0.1, -0.05) is 43.3 Å². The highest BCUT2D eigenvalue weighted by molar-refractivity contribution is 5.85. The Hall–Kier alpha value is -1.51. The Balaban J connectivity index is 0.000000512. The first-order chi connectivity index (χ1) is 8.36. The Morgan fingerprint density at radius 1 is 0.833 bits per heavy atom. The number of anilines is 2. The average Bonchev–Trinajstić information content (AvgIpc) is 2.41. The summed E-state index contributed by atoms with van der Waals surface area (Å²) in [6.07, 6.45) is 0.875. The maximum atomic E-state index is 7.88. The lowest BCUT2D eigenvalue weighted by atomic mass is 10.3. The van der Waals surface area contributed by atoms with E-state index in [4.69, 9.17) is 5.11 Å². The molecule has 0 bridgehead atoms. The molecule has 0 spiro atoms. The molecule has 0 aromatic heterocycles. The highest BCUT2D eigenvalue weighted by Crippen LogP contribution is 2.14. The summed E-state index contributed by atoms with van der Waals surface area (Å²) in [7, 11) is 0. The summed E-state index contributed by atoms with van der Waals surface area (Å²) in [5.41, 5.74) is 2.24. The van der Waals surface area contributed by atoms with Crippen LogP contribution in [0.1, 0.15) is 13.3 Å². The minimum absolute atomic E-state index is 0. The van der Waals surface area contributed by atoms with Crippen molar-refractivity contribution in [1.29, 1.82) is 0 Å². The molecule has 2 N–H and O–H groups in total. The molecule has 2 nitrogen and oxygen atoms in total. The van der Waals surface area contributed by atoms with Crippen LogP contribution in [0, 0.1) is 0 Å². The van der Waals surface area contributed by atoms with Crippen LogP contribution in [0.4, 0.5) is 11.4 Å². The van der Waals surface area contributed by atoms with Gasteiger partial charge in [0.15, 0.2) is 0 Å². The first-order valence-corrected chi connectivity index (χ1v) is 5.84. The van der Waals surface area contributed by atoms with Gasteiger partial charge in [0.2, 0.25) is 0 Å². The van der Waals surface area contributed by atoms with Crippen molar-refractivity contribution in [2.75, 3.05) is 11.9 Å². The first kappa shape index (κ1) is 16.5. The van der Waals surface area contributed by atoms with Crippen LogP contribution in [0.5, 0.6) is 0 Å². The fourth-order valence-corrected chi connectivity index (χ4v) is 1.21. The molecule has 2 aromatic carbocycles. The summed E-state index contributed by atoms with van der Waals surface area (Å²) in [6, 6.07) is 20.3. The third-order valence-electron chi connectivity index (χ3n) is 2.06. The number of rotatable bonds is 3. The fourth-order valence-electron chi connectivity index (χ4n) is 1.21. The molecule has 0 aliphatic heterocycles. The van der Waals surface area contributed by atoms with Crippen molar-refractivity contribution in [2.45, 2.75) is 13.3 Å². The molecule has 0 aliphatic rings. The second kappa shape index (κ2) is 10.6. The van der Waals surface area contributed by atoms with Crippen molar-refractivity contribution in [3.8, 4) is 0 Å². The largest absolute Gasteiger partial charge is 0.396 e. The lowest BCUT2D eigenvalue weighted by molar-refractivity contribution is 0.295. The molecule has 0 saturated heterocycles. The van der Waals surface area contributed by atoms with E-state index in [2.05, 4.69) is 5.32 Å². The monoisotopic (exact) mass is 265 g/mol. The summed E-state index contributed by atoms with van der Waals surface area (Å²) >= 11 is 0. The van der Waals surface area contributed by atoms with Gasteiger partial charge in [0, 0.05) is 18.0 Å². The molecular weight excluding hydrogens is 246 g/mol. The normalized spacial score (nSPS) is 8.56. The second-order valence-electron chi connectivity index (χ2n) is 3.58. The zero-order valence-corrected chi connectivity index (χ0v) is 11.4. The van der Waals surface area contributed by atoms with Gasteiger partial charge in [0.25, 0.3) is 0 Å². The molecule has 2 rings (SSSR count). The topological polar surface area (TPSA) is 32.3 Å². The summed E-state index contributed by atoms with van der Waals surface area (Å²) in [5, 5.41) is 11.2.